The lowest BCUT2D eigenvalue weighted by molar-refractivity contribution is -0.141. The number of carbonyl (C=O) groups excluding carboxylic acids is 1. The van der Waals surface area contributed by atoms with Crippen LogP contribution in [0.25, 0.3) is 5.69 Å². The van der Waals surface area contributed by atoms with E-state index in [1.54, 1.807) is 4.68 Å². The molecule has 25 heavy (non-hydrogen) atoms. The number of urea groups is 1. The molecule has 1 aromatic heterocycles. The number of carbonyl (C=O) groups is 1. The molecule has 8 heteroatoms. The molecule has 2 aromatic rings. The van der Waals surface area contributed by atoms with Crippen LogP contribution in [0.4, 0.5) is 10.6 Å². The third-order valence-corrected chi connectivity index (χ3v) is 3.79. The van der Waals surface area contributed by atoms with Crippen molar-refractivity contribution >= 4 is 11.8 Å². The number of anilines is 1. The zero-order chi connectivity index (χ0) is 18.0. The number of nitrogens with one attached hydrogen (secondary N) is 1. The Morgan fingerprint density at radius 1 is 1.44 bits per heavy atom. The molecular weight excluding hydrogens is 324 g/mol. The molecule has 0 bridgehead atoms. The van der Waals surface area contributed by atoms with E-state index >= 15 is 0 Å². The molecule has 3 N–H and O–H groups in total. The van der Waals surface area contributed by atoms with Gasteiger partial charge in [-0.2, -0.15) is 0 Å². The van der Waals surface area contributed by atoms with E-state index in [4.69, 9.17) is 19.9 Å². The standard InChI is InChI=1S/C17H22N4O4/c1-11-14(19-16(18)22)21(12-7-5-4-6-8-12)20-15(11)23-9-13-10-24-17(2,3)25-13/h4-8,13H,9-10H2,1-3H3,(H3,18,19,22). The van der Waals surface area contributed by atoms with Crippen molar-refractivity contribution in [2.45, 2.75) is 32.7 Å². The fourth-order valence-corrected chi connectivity index (χ4v) is 2.65. The van der Waals surface area contributed by atoms with Gasteiger partial charge in [0.05, 0.1) is 17.9 Å². The van der Waals surface area contributed by atoms with Crippen LogP contribution in [0, 0.1) is 6.92 Å². The van der Waals surface area contributed by atoms with E-state index in [1.165, 1.54) is 0 Å². The van der Waals surface area contributed by atoms with Gasteiger partial charge >= 0.3 is 6.03 Å². The highest BCUT2D eigenvalue weighted by molar-refractivity contribution is 5.88. The molecule has 0 spiro atoms. The Kier molecular flexibility index (Phi) is 4.65. The van der Waals surface area contributed by atoms with Gasteiger partial charge in [-0.15, -0.1) is 5.10 Å². The van der Waals surface area contributed by atoms with E-state index < -0.39 is 11.8 Å². The number of ether oxygens (including phenoxy) is 3. The SMILES string of the molecule is Cc1c(OCC2COC(C)(C)O2)nn(-c2ccccc2)c1NC(N)=O. The van der Waals surface area contributed by atoms with E-state index in [2.05, 4.69) is 10.4 Å². The van der Waals surface area contributed by atoms with E-state index in [1.807, 2.05) is 51.1 Å². The first-order chi connectivity index (χ1) is 11.9. The van der Waals surface area contributed by atoms with Crippen molar-refractivity contribution in [1.82, 2.24) is 9.78 Å². The monoisotopic (exact) mass is 346 g/mol. The maximum absolute atomic E-state index is 11.3. The van der Waals surface area contributed by atoms with Crippen LogP contribution in [0.3, 0.4) is 0 Å². The fourth-order valence-electron chi connectivity index (χ4n) is 2.65. The van der Waals surface area contributed by atoms with Crippen LogP contribution in [-0.4, -0.2) is 40.9 Å². The number of para-hydroxylation sites is 1. The highest BCUT2D eigenvalue weighted by Gasteiger charge is 2.33. The number of benzene rings is 1. The minimum Gasteiger partial charge on any atom is -0.473 e. The lowest BCUT2D eigenvalue weighted by Gasteiger charge is -2.17. The molecule has 0 radical (unpaired) electrons. The fraction of sp³-hybridized carbons (Fsp3) is 0.412. The molecule has 1 atom stereocenters. The van der Waals surface area contributed by atoms with Gasteiger partial charge in [0.15, 0.2) is 5.79 Å². The van der Waals surface area contributed by atoms with Crippen LogP contribution in [0.2, 0.25) is 0 Å². The summed E-state index contributed by atoms with van der Waals surface area (Å²) in [7, 11) is 0. The summed E-state index contributed by atoms with van der Waals surface area (Å²) >= 11 is 0. The number of rotatable bonds is 5. The predicted molar refractivity (Wildman–Crippen MR) is 91.9 cm³/mol. The minimum atomic E-state index is -0.666. The molecule has 2 amide bonds. The number of hydrogen-bond acceptors (Lipinski definition) is 5. The normalized spacial score (nSPS) is 18.9. The van der Waals surface area contributed by atoms with Gasteiger partial charge in [-0.1, -0.05) is 18.2 Å². The van der Waals surface area contributed by atoms with E-state index in [9.17, 15) is 4.79 Å². The molecular formula is C17H22N4O4. The Labute approximate surface area is 145 Å². The molecule has 1 aliphatic heterocycles. The zero-order valence-corrected chi connectivity index (χ0v) is 14.5. The number of amides is 2. The number of nitrogens with two attached hydrogens (primary N) is 1. The maximum atomic E-state index is 11.3. The summed E-state index contributed by atoms with van der Waals surface area (Å²) in [6.45, 7) is 6.28. The predicted octanol–water partition coefficient (Wildman–Crippen LogP) is 2.20. The van der Waals surface area contributed by atoms with Gasteiger partial charge in [0.25, 0.3) is 0 Å². The molecule has 1 fully saturated rings. The third-order valence-electron chi connectivity index (χ3n) is 3.79. The molecule has 1 aliphatic rings. The Balaban J connectivity index is 1.82. The minimum absolute atomic E-state index is 0.177. The molecule has 0 aliphatic carbocycles. The second kappa shape index (κ2) is 6.73. The van der Waals surface area contributed by atoms with Crippen molar-refractivity contribution in [3.63, 3.8) is 0 Å². The smallest absolute Gasteiger partial charge is 0.317 e. The summed E-state index contributed by atoms with van der Waals surface area (Å²) in [6, 6.07) is 8.75. The van der Waals surface area contributed by atoms with Crippen molar-refractivity contribution < 1.29 is 19.0 Å². The highest BCUT2D eigenvalue weighted by atomic mass is 16.7. The first-order valence-corrected chi connectivity index (χ1v) is 8.02. The first kappa shape index (κ1) is 17.2. The third kappa shape index (κ3) is 3.92. The summed E-state index contributed by atoms with van der Waals surface area (Å²) in [5.41, 5.74) is 6.75. The zero-order valence-electron chi connectivity index (χ0n) is 14.5. The van der Waals surface area contributed by atoms with E-state index in [0.717, 1.165) is 5.69 Å². The van der Waals surface area contributed by atoms with Gasteiger partial charge in [0.2, 0.25) is 5.88 Å². The van der Waals surface area contributed by atoms with Crippen LogP contribution in [0.15, 0.2) is 30.3 Å². The molecule has 0 saturated carbocycles. The quantitative estimate of drug-likeness (QED) is 0.864. The summed E-state index contributed by atoms with van der Waals surface area (Å²) in [4.78, 5) is 11.3. The van der Waals surface area contributed by atoms with Crippen molar-refractivity contribution in [1.29, 1.82) is 0 Å². The van der Waals surface area contributed by atoms with Crippen molar-refractivity contribution in [3.05, 3.63) is 35.9 Å². The Morgan fingerprint density at radius 2 is 2.16 bits per heavy atom. The summed E-state index contributed by atoms with van der Waals surface area (Å²) in [5.74, 6) is 0.268. The van der Waals surface area contributed by atoms with Gasteiger partial charge in [-0.05, 0) is 32.9 Å². The van der Waals surface area contributed by atoms with Gasteiger partial charge in [-0.25, -0.2) is 9.48 Å². The average molecular weight is 346 g/mol. The molecule has 1 saturated heterocycles. The van der Waals surface area contributed by atoms with Crippen LogP contribution < -0.4 is 15.8 Å². The molecule has 3 rings (SSSR count). The van der Waals surface area contributed by atoms with Crippen LogP contribution in [0.5, 0.6) is 5.88 Å². The Morgan fingerprint density at radius 3 is 2.76 bits per heavy atom. The van der Waals surface area contributed by atoms with Crippen LogP contribution in [0.1, 0.15) is 19.4 Å². The highest BCUT2D eigenvalue weighted by Crippen LogP contribution is 2.29. The number of aromatic nitrogens is 2. The van der Waals surface area contributed by atoms with E-state index in [-0.39, 0.29) is 6.10 Å². The molecule has 1 unspecified atom stereocenters. The topological polar surface area (TPSA) is 101 Å². The van der Waals surface area contributed by atoms with Gasteiger partial charge in [-0.3, -0.25) is 5.32 Å². The molecule has 1 aromatic carbocycles. The molecule has 2 heterocycles. The van der Waals surface area contributed by atoms with Crippen LogP contribution in [-0.2, 0) is 9.47 Å². The molecule has 134 valence electrons. The molecule has 8 nitrogen and oxygen atoms in total. The van der Waals surface area contributed by atoms with Crippen LogP contribution >= 0.6 is 0 Å². The lowest BCUT2D eigenvalue weighted by Crippen LogP contribution is -2.25. The van der Waals surface area contributed by atoms with Gasteiger partial charge in [0.1, 0.15) is 18.5 Å². The van der Waals surface area contributed by atoms with Crippen molar-refractivity contribution in [3.8, 4) is 11.6 Å². The second-order valence-electron chi connectivity index (χ2n) is 6.28. The average Bonchev–Trinajstić information content (AvgIpc) is 3.06. The van der Waals surface area contributed by atoms with Crippen molar-refractivity contribution in [2.75, 3.05) is 18.5 Å². The summed E-state index contributed by atoms with van der Waals surface area (Å²) in [6.07, 6.45) is -0.177. The second-order valence-corrected chi connectivity index (χ2v) is 6.28. The Bertz CT molecular complexity index is 758. The first-order valence-electron chi connectivity index (χ1n) is 8.02. The summed E-state index contributed by atoms with van der Waals surface area (Å²) in [5, 5.41) is 7.06. The number of nitrogens with zero attached hydrogens (tertiary/aromatic N) is 2. The summed E-state index contributed by atoms with van der Waals surface area (Å²) < 4.78 is 18.6. The van der Waals surface area contributed by atoms with Gasteiger partial charge in [0, 0.05) is 0 Å². The Hall–Kier alpha value is -2.58. The van der Waals surface area contributed by atoms with Crippen molar-refractivity contribution in [2.24, 2.45) is 5.73 Å². The number of hydrogen-bond donors (Lipinski definition) is 2. The largest absolute Gasteiger partial charge is 0.473 e. The number of primary amides is 1. The van der Waals surface area contributed by atoms with E-state index in [0.29, 0.717) is 30.5 Å². The van der Waals surface area contributed by atoms with Gasteiger partial charge < -0.3 is 19.9 Å². The lowest BCUT2D eigenvalue weighted by atomic mass is 10.3. The maximum Gasteiger partial charge on any atom is 0.317 e.